The summed E-state index contributed by atoms with van der Waals surface area (Å²) in [4.78, 5) is 121. The smallest absolute Gasteiger partial charge is 0.242 e. The topological polar surface area (TPSA) is 268 Å². The second kappa shape index (κ2) is 34.0. The van der Waals surface area contributed by atoms with Gasteiger partial charge in [0.05, 0.1) is 17.1 Å². The lowest BCUT2D eigenvalue weighted by Crippen LogP contribution is -2.49. The molecule has 21 heteroatoms. The van der Waals surface area contributed by atoms with E-state index in [2.05, 4.69) is 31.9 Å². The molecule has 87 heavy (non-hydrogen) atoms. The van der Waals surface area contributed by atoms with Gasteiger partial charge in [0, 0.05) is 95.3 Å². The zero-order valence-electron chi connectivity index (χ0n) is 49.9. The second-order valence-electron chi connectivity index (χ2n) is 21.7. The van der Waals surface area contributed by atoms with Gasteiger partial charge in [0.15, 0.2) is 17.2 Å². The van der Waals surface area contributed by atoms with Crippen LogP contribution in [0.5, 0.6) is 17.2 Å². The van der Waals surface area contributed by atoms with Crippen molar-refractivity contribution in [2.45, 2.75) is 155 Å². The number of nitrogens with zero attached hydrogens (tertiary/aromatic N) is 3. The highest BCUT2D eigenvalue weighted by Crippen LogP contribution is 2.19. The quantitative estimate of drug-likeness (QED) is 0.0397. The predicted molar refractivity (Wildman–Crippen MR) is 329 cm³/mol. The van der Waals surface area contributed by atoms with Crippen molar-refractivity contribution in [3.8, 4) is 17.2 Å². The minimum atomic E-state index is -1.02. The van der Waals surface area contributed by atoms with Crippen molar-refractivity contribution < 1.29 is 43.0 Å². The van der Waals surface area contributed by atoms with Gasteiger partial charge in [0.25, 0.3) is 0 Å². The molecule has 7 rings (SSSR count). The summed E-state index contributed by atoms with van der Waals surface area (Å²) in [5.41, 5.74) is 3.94. The van der Waals surface area contributed by atoms with Crippen LogP contribution in [0.3, 0.4) is 0 Å². The van der Waals surface area contributed by atoms with E-state index in [4.69, 9.17) is 14.2 Å². The number of nitrogens with one attached hydrogen (secondary N) is 6. The maximum atomic E-state index is 13.9. The van der Waals surface area contributed by atoms with Crippen molar-refractivity contribution in [2.24, 2.45) is 0 Å². The molecule has 1 saturated heterocycles. The van der Waals surface area contributed by atoms with Crippen LogP contribution in [0.2, 0.25) is 0 Å². The zero-order valence-corrected chi connectivity index (χ0v) is 49.9. The molecule has 3 aromatic heterocycles. The second-order valence-corrected chi connectivity index (χ2v) is 21.7. The third-order valence-corrected chi connectivity index (χ3v) is 15.2. The van der Waals surface area contributed by atoms with E-state index < -0.39 is 53.6 Å². The van der Waals surface area contributed by atoms with Crippen LogP contribution < -0.4 is 62.4 Å². The third kappa shape index (κ3) is 20.7. The normalized spacial score (nSPS) is 16.7. The van der Waals surface area contributed by atoms with E-state index in [1.165, 1.54) is 18.2 Å². The Morgan fingerprint density at radius 2 is 0.632 bits per heavy atom. The van der Waals surface area contributed by atoms with Crippen LogP contribution in [0.25, 0.3) is 0 Å². The SMILES string of the molecule is Cc1c(OCc2ccccc2)c(=O)ccn1CCCCC1NC(=O)CCNC(=O)C(CCCCn2ccc(=O)c(OCc3ccccc3)c2C)NC(=O)CCNC(=O)C(CCCCn2ccc(=O)c(OCc3ccccc3)c2C)NC(=O)CCNC1=O. The molecule has 1 fully saturated rings. The van der Waals surface area contributed by atoms with Crippen molar-refractivity contribution in [3.05, 3.63) is 192 Å². The Kier molecular flexibility index (Phi) is 25.5. The molecule has 3 aromatic carbocycles. The highest BCUT2D eigenvalue weighted by Gasteiger charge is 2.26. The van der Waals surface area contributed by atoms with Crippen LogP contribution in [-0.2, 0) is 68.2 Å². The summed E-state index contributed by atoms with van der Waals surface area (Å²) in [6.45, 7) is 7.18. The van der Waals surface area contributed by atoms with E-state index in [1.807, 2.05) is 105 Å². The first-order valence-electron chi connectivity index (χ1n) is 29.9. The molecule has 0 bridgehead atoms. The first kappa shape index (κ1) is 65.3. The van der Waals surface area contributed by atoms with Crippen LogP contribution in [0, 0.1) is 20.8 Å². The summed E-state index contributed by atoms with van der Waals surface area (Å²) in [7, 11) is 0. The molecule has 0 aliphatic carbocycles. The van der Waals surface area contributed by atoms with Gasteiger partial charge in [0.1, 0.15) is 37.9 Å². The van der Waals surface area contributed by atoms with Crippen LogP contribution >= 0.6 is 0 Å². The monoisotopic (exact) mass is 1190 g/mol. The number of aryl methyl sites for hydroxylation is 3. The first-order valence-corrected chi connectivity index (χ1v) is 29.9. The van der Waals surface area contributed by atoms with Crippen molar-refractivity contribution in [2.75, 3.05) is 19.6 Å². The third-order valence-electron chi connectivity index (χ3n) is 15.2. The van der Waals surface area contributed by atoms with E-state index in [1.54, 1.807) is 39.4 Å². The summed E-state index contributed by atoms with van der Waals surface area (Å²) < 4.78 is 23.6. The molecule has 1 aliphatic heterocycles. The molecule has 6 N–H and O–H groups in total. The molecule has 0 spiro atoms. The number of ether oxygens (including phenoxy) is 3. The van der Waals surface area contributed by atoms with Gasteiger partial charge in [-0.2, -0.15) is 0 Å². The number of aromatic nitrogens is 3. The molecule has 3 atom stereocenters. The number of hydrogen-bond donors (Lipinski definition) is 6. The number of rotatable bonds is 24. The fraction of sp³-hybridized carbons (Fsp3) is 0.409. The van der Waals surface area contributed by atoms with Gasteiger partial charge < -0.3 is 59.8 Å². The Labute approximate surface area is 506 Å². The lowest BCUT2D eigenvalue weighted by atomic mass is 10.1. The molecule has 6 amide bonds. The van der Waals surface area contributed by atoms with E-state index in [-0.39, 0.29) is 112 Å². The summed E-state index contributed by atoms with van der Waals surface area (Å²) in [5, 5.41) is 16.8. The summed E-state index contributed by atoms with van der Waals surface area (Å²) in [6.07, 6.45) is 8.21. The van der Waals surface area contributed by atoms with E-state index in [0.29, 0.717) is 75.2 Å². The van der Waals surface area contributed by atoms with E-state index in [0.717, 1.165) is 16.7 Å². The molecule has 4 heterocycles. The highest BCUT2D eigenvalue weighted by molar-refractivity contribution is 5.91. The minimum Gasteiger partial charge on any atom is -0.483 e. The van der Waals surface area contributed by atoms with E-state index >= 15 is 0 Å². The molecule has 462 valence electrons. The van der Waals surface area contributed by atoms with Gasteiger partial charge in [-0.1, -0.05) is 91.0 Å². The maximum Gasteiger partial charge on any atom is 0.242 e. The van der Waals surface area contributed by atoms with Gasteiger partial charge in [-0.25, -0.2) is 0 Å². The Morgan fingerprint density at radius 1 is 0.368 bits per heavy atom. The van der Waals surface area contributed by atoms with Crippen molar-refractivity contribution in [1.82, 2.24) is 45.6 Å². The standard InChI is InChI=1S/C66H81N9O12/c1-46-61(85-43-49-19-7-4-8-20-49)55(76)31-40-73(46)37-16-13-25-52-64(82)67-34-29-59(80)71-54(27-15-18-39-75-42-33-57(78)63(48(75)3)87-45-51-23-11-6-12-24-51)66(84)69-36-30-60(81)72-53(65(83)68-35-28-58(79)70-52)26-14-17-38-74-41-32-56(77)62(47(74)2)86-44-50-21-9-5-10-22-50/h4-12,19-24,31-33,40-42,52-54H,13-18,25-30,34-39,43-45H2,1-3H3,(H,67,82)(H,68,83)(H,69,84)(H,70,79)(H,71,80)(H,72,81). The van der Waals surface area contributed by atoms with Crippen molar-refractivity contribution in [1.29, 1.82) is 0 Å². The van der Waals surface area contributed by atoms with Crippen LogP contribution in [-0.4, -0.2) is 86.9 Å². The van der Waals surface area contributed by atoms with Gasteiger partial charge in [-0.05, 0) is 95.2 Å². The average molecular weight is 1190 g/mol. The number of carbonyl (C=O) groups excluding carboxylic acids is 6. The molecule has 21 nitrogen and oxygen atoms in total. The van der Waals surface area contributed by atoms with Crippen LogP contribution in [0.1, 0.15) is 111 Å². The summed E-state index contributed by atoms with van der Waals surface area (Å²) in [6, 6.07) is 29.8. The Hall–Kier alpha value is -9.27. The fourth-order valence-corrected chi connectivity index (χ4v) is 10.2. The largest absolute Gasteiger partial charge is 0.483 e. The van der Waals surface area contributed by atoms with Crippen molar-refractivity contribution >= 4 is 35.4 Å². The molecular formula is C66H81N9O12. The Balaban J connectivity index is 1.00. The molecule has 3 unspecified atom stereocenters. The van der Waals surface area contributed by atoms with Crippen molar-refractivity contribution in [3.63, 3.8) is 0 Å². The summed E-state index contributed by atoms with van der Waals surface area (Å²) in [5.74, 6) is -2.40. The fourth-order valence-electron chi connectivity index (χ4n) is 10.2. The summed E-state index contributed by atoms with van der Waals surface area (Å²) >= 11 is 0. The number of benzene rings is 3. The Bertz CT molecular complexity index is 3080. The number of amides is 6. The van der Waals surface area contributed by atoms with E-state index in [9.17, 15) is 43.2 Å². The van der Waals surface area contributed by atoms with Gasteiger partial charge >= 0.3 is 0 Å². The molecule has 0 radical (unpaired) electrons. The molecule has 6 aromatic rings. The number of unbranched alkanes of at least 4 members (excludes halogenated alkanes) is 3. The molecule has 0 saturated carbocycles. The van der Waals surface area contributed by atoms with Crippen LogP contribution in [0.15, 0.2) is 142 Å². The molecule has 1 aliphatic rings. The lowest BCUT2D eigenvalue weighted by Gasteiger charge is -2.20. The van der Waals surface area contributed by atoms with Crippen LogP contribution in [0.4, 0.5) is 0 Å². The van der Waals surface area contributed by atoms with Gasteiger partial charge in [0.2, 0.25) is 51.7 Å². The highest BCUT2D eigenvalue weighted by atomic mass is 16.5. The number of carbonyl (C=O) groups is 6. The average Bonchev–Trinajstić information content (AvgIpc) is 2.90. The van der Waals surface area contributed by atoms with Gasteiger partial charge in [-0.3, -0.25) is 43.2 Å². The maximum absolute atomic E-state index is 13.9. The Morgan fingerprint density at radius 3 is 0.897 bits per heavy atom. The lowest BCUT2D eigenvalue weighted by molar-refractivity contribution is -0.130. The predicted octanol–water partition coefficient (Wildman–Crippen LogP) is 5.73. The number of hydrogen-bond acceptors (Lipinski definition) is 12. The minimum absolute atomic E-state index is 0.111. The zero-order chi connectivity index (χ0) is 61.9. The number of pyridine rings is 3. The molecular weight excluding hydrogens is 1110 g/mol. The van der Waals surface area contributed by atoms with Gasteiger partial charge in [-0.15, -0.1) is 0 Å². The first-order chi connectivity index (χ1) is 42.1.